The van der Waals surface area contributed by atoms with Crippen molar-refractivity contribution in [2.45, 2.75) is 89.9 Å². The van der Waals surface area contributed by atoms with Gasteiger partial charge in [-0.15, -0.1) is 0 Å². The molecule has 5 saturated heterocycles. The van der Waals surface area contributed by atoms with Crippen molar-refractivity contribution >= 4 is 33.6 Å². The molecule has 6 aliphatic rings. The third kappa shape index (κ3) is 4.90. The lowest BCUT2D eigenvalue weighted by Gasteiger charge is -2.46. The maximum Gasteiger partial charge on any atom is 0.319 e. The Hall–Kier alpha value is -3.96. The van der Waals surface area contributed by atoms with Gasteiger partial charge in [-0.2, -0.15) is 9.97 Å². The van der Waals surface area contributed by atoms with Crippen LogP contribution in [0, 0.1) is 23.5 Å². The van der Waals surface area contributed by atoms with Crippen LogP contribution in [0.15, 0.2) is 28.0 Å². The normalized spacial score (nSPS) is 28.9. The molecule has 2 aromatic carbocycles. The van der Waals surface area contributed by atoms with Gasteiger partial charge in [-0.25, -0.2) is 8.78 Å². The van der Waals surface area contributed by atoms with E-state index in [2.05, 4.69) is 40.0 Å². The fourth-order valence-corrected chi connectivity index (χ4v) is 9.77. The Labute approximate surface area is 289 Å². The maximum atomic E-state index is 17.8. The summed E-state index contributed by atoms with van der Waals surface area (Å²) in [5.41, 5.74) is 0.446. The van der Waals surface area contributed by atoms with Gasteiger partial charge in [0.05, 0.1) is 33.6 Å². The summed E-state index contributed by atoms with van der Waals surface area (Å²) in [4.78, 5) is 36.1. The van der Waals surface area contributed by atoms with Crippen LogP contribution >= 0.6 is 0 Å². The SMILES string of the molecule is CCc1c(F)ccc2cc(=O)[nH]c(-c3c(F)c4nc(OCC56CCCN5CC(C)C6)nc(N5CC6CCC5CN6)c4c4c3=NC(C)C(C)C=4)c12. The summed E-state index contributed by atoms with van der Waals surface area (Å²) in [7, 11) is 0. The van der Waals surface area contributed by atoms with Gasteiger partial charge in [0, 0.05) is 48.4 Å². The second-order valence-corrected chi connectivity index (χ2v) is 15.6. The standard InChI is InChI=1S/C39H45F2N7O2/c1-5-26-28(40)10-7-23-14-29(49)44-35(30(23)26)32-33(41)36-31(27-13-21(3)22(4)43-34(27)32)37(48-18-24-8-9-25(48)16-42-24)46-38(45-36)50-19-39-11-6-12-47(39)17-20(2)15-39/h7,10,13-14,20-22,24-25,42H,5-6,8-9,11-12,15-19H2,1-4H3,(H,44,49). The van der Waals surface area contributed by atoms with Crippen molar-refractivity contribution in [3.8, 4) is 17.3 Å². The summed E-state index contributed by atoms with van der Waals surface area (Å²) in [6.07, 6.45) is 7.85. The van der Waals surface area contributed by atoms with E-state index in [1.54, 1.807) is 6.07 Å². The molecule has 0 radical (unpaired) electrons. The van der Waals surface area contributed by atoms with E-state index in [1.807, 2.05) is 13.8 Å². The van der Waals surface area contributed by atoms with Crippen LogP contribution < -0.4 is 31.1 Å². The lowest BCUT2D eigenvalue weighted by molar-refractivity contribution is 0.107. The van der Waals surface area contributed by atoms with E-state index in [-0.39, 0.29) is 46.3 Å². The van der Waals surface area contributed by atoms with Gasteiger partial charge >= 0.3 is 6.01 Å². The fraction of sp³-hybridized carbons (Fsp3) is 0.538. The number of hydrogen-bond acceptors (Lipinski definition) is 8. The third-order valence-electron chi connectivity index (χ3n) is 12.3. The minimum atomic E-state index is -0.615. The highest BCUT2D eigenvalue weighted by atomic mass is 19.1. The fourth-order valence-electron chi connectivity index (χ4n) is 9.77. The van der Waals surface area contributed by atoms with Crippen molar-refractivity contribution in [1.29, 1.82) is 0 Å². The molecule has 6 atom stereocenters. The number of H-pyrrole nitrogens is 1. The second-order valence-electron chi connectivity index (χ2n) is 15.6. The Balaban J connectivity index is 1.33. The number of hydrogen-bond donors (Lipinski definition) is 2. The molecule has 2 aromatic heterocycles. The van der Waals surface area contributed by atoms with Crippen LogP contribution in [-0.2, 0) is 6.42 Å². The molecule has 0 aliphatic carbocycles. The summed E-state index contributed by atoms with van der Waals surface area (Å²) < 4.78 is 39.8. The van der Waals surface area contributed by atoms with Crippen molar-refractivity contribution < 1.29 is 13.5 Å². The molecular weight excluding hydrogens is 636 g/mol. The monoisotopic (exact) mass is 681 g/mol. The van der Waals surface area contributed by atoms with Crippen molar-refractivity contribution in [2.75, 3.05) is 37.7 Å². The first kappa shape index (κ1) is 32.0. The van der Waals surface area contributed by atoms with Crippen molar-refractivity contribution in [1.82, 2.24) is 25.2 Å². The number of piperazine rings is 1. The molecule has 5 fully saturated rings. The number of nitrogens with zero attached hydrogens (tertiary/aromatic N) is 5. The molecular formula is C39H45F2N7O2. The largest absolute Gasteiger partial charge is 0.461 e. The first-order valence-corrected chi connectivity index (χ1v) is 18.5. The minimum Gasteiger partial charge on any atom is -0.461 e. The summed E-state index contributed by atoms with van der Waals surface area (Å²) in [6.45, 7) is 12.4. The Morgan fingerprint density at radius 3 is 2.72 bits per heavy atom. The number of ether oxygens (including phenoxy) is 1. The van der Waals surface area contributed by atoms with Gasteiger partial charge < -0.3 is 19.9 Å². The number of nitrogens with one attached hydrogen (secondary N) is 2. The number of aryl methyl sites for hydroxylation is 1. The molecule has 8 heterocycles. The molecule has 0 spiro atoms. The van der Waals surface area contributed by atoms with Gasteiger partial charge in [-0.1, -0.05) is 32.9 Å². The van der Waals surface area contributed by atoms with Crippen molar-refractivity contribution in [3.05, 3.63) is 56.3 Å². The molecule has 262 valence electrons. The summed E-state index contributed by atoms with van der Waals surface area (Å²) in [5.74, 6) is 0.294. The number of pyridine rings is 1. The molecule has 0 saturated carbocycles. The number of fused-ring (bicyclic) bond motifs is 8. The number of benzene rings is 2. The van der Waals surface area contributed by atoms with Crippen LogP contribution in [0.25, 0.3) is 39.0 Å². The van der Waals surface area contributed by atoms with E-state index >= 15 is 8.78 Å². The van der Waals surface area contributed by atoms with E-state index in [0.29, 0.717) is 57.9 Å². The van der Waals surface area contributed by atoms with Crippen molar-refractivity contribution in [3.63, 3.8) is 0 Å². The van der Waals surface area contributed by atoms with Crippen LogP contribution in [0.3, 0.4) is 0 Å². The summed E-state index contributed by atoms with van der Waals surface area (Å²) in [6, 6.07) is 4.93. The smallest absolute Gasteiger partial charge is 0.319 e. The number of anilines is 1. The zero-order valence-corrected chi connectivity index (χ0v) is 29.3. The molecule has 10 rings (SSSR count). The molecule has 6 aliphatic heterocycles. The molecule has 0 amide bonds. The zero-order chi connectivity index (χ0) is 34.5. The quantitative estimate of drug-likeness (QED) is 0.307. The van der Waals surface area contributed by atoms with Crippen LogP contribution in [0.4, 0.5) is 14.6 Å². The highest BCUT2D eigenvalue weighted by Crippen LogP contribution is 2.42. The predicted molar refractivity (Wildman–Crippen MR) is 191 cm³/mol. The maximum absolute atomic E-state index is 17.8. The molecule has 11 heteroatoms. The third-order valence-corrected chi connectivity index (χ3v) is 12.3. The lowest BCUT2D eigenvalue weighted by atomic mass is 9.90. The number of aromatic amines is 1. The first-order chi connectivity index (χ1) is 24.1. The van der Waals surface area contributed by atoms with Crippen LogP contribution in [0.1, 0.15) is 65.4 Å². The Kier molecular flexibility index (Phi) is 7.55. The zero-order valence-electron chi connectivity index (χ0n) is 29.3. The number of rotatable bonds is 6. The molecule has 6 unspecified atom stereocenters. The van der Waals surface area contributed by atoms with Gasteiger partial charge in [0.2, 0.25) is 5.56 Å². The van der Waals surface area contributed by atoms with Crippen LogP contribution in [0.5, 0.6) is 6.01 Å². The van der Waals surface area contributed by atoms with Gasteiger partial charge in [0.15, 0.2) is 5.82 Å². The molecule has 2 bridgehead atoms. The molecule has 9 nitrogen and oxygen atoms in total. The van der Waals surface area contributed by atoms with Crippen LogP contribution in [-0.4, -0.2) is 76.3 Å². The lowest BCUT2D eigenvalue weighted by Crippen LogP contribution is -2.61. The Morgan fingerprint density at radius 2 is 1.96 bits per heavy atom. The number of aromatic nitrogens is 3. The number of piperidine rings is 2. The molecule has 4 aromatic rings. The molecule has 2 N–H and O–H groups in total. The van der Waals surface area contributed by atoms with Crippen LogP contribution in [0.2, 0.25) is 0 Å². The van der Waals surface area contributed by atoms with E-state index in [1.165, 1.54) is 12.1 Å². The summed E-state index contributed by atoms with van der Waals surface area (Å²) in [5, 5.41) is 6.47. The van der Waals surface area contributed by atoms with Gasteiger partial charge in [0.25, 0.3) is 0 Å². The number of halogens is 2. The van der Waals surface area contributed by atoms with E-state index in [0.717, 1.165) is 63.5 Å². The van der Waals surface area contributed by atoms with Gasteiger partial charge in [-0.05, 0) is 80.8 Å². The molecule has 50 heavy (non-hydrogen) atoms. The highest BCUT2D eigenvalue weighted by molar-refractivity contribution is 6.01. The Bertz CT molecular complexity index is 2230. The van der Waals surface area contributed by atoms with Gasteiger partial charge in [0.1, 0.15) is 23.8 Å². The minimum absolute atomic E-state index is 0.0549. The van der Waals surface area contributed by atoms with Gasteiger partial charge in [-0.3, -0.25) is 14.7 Å². The second kappa shape index (κ2) is 11.8. The Morgan fingerprint density at radius 1 is 1.10 bits per heavy atom. The van der Waals surface area contributed by atoms with Crippen molar-refractivity contribution in [2.24, 2.45) is 16.8 Å². The average Bonchev–Trinajstić information content (AvgIpc) is 3.64. The first-order valence-electron chi connectivity index (χ1n) is 18.5. The predicted octanol–water partition coefficient (Wildman–Crippen LogP) is 4.61. The van der Waals surface area contributed by atoms with E-state index < -0.39 is 17.2 Å². The highest BCUT2D eigenvalue weighted by Gasteiger charge is 2.48. The summed E-state index contributed by atoms with van der Waals surface area (Å²) >= 11 is 0. The average molecular weight is 682 g/mol. The van der Waals surface area contributed by atoms with E-state index in [4.69, 9.17) is 19.7 Å². The van der Waals surface area contributed by atoms with E-state index in [9.17, 15) is 4.79 Å². The topological polar surface area (TPSA) is 98.7 Å².